The zero-order chi connectivity index (χ0) is 17.6. The Kier molecular flexibility index (Phi) is 4.66. The van der Waals surface area contributed by atoms with Crippen LogP contribution in [-0.4, -0.2) is 42.0 Å². The molecule has 0 spiro atoms. The van der Waals surface area contributed by atoms with Crippen molar-refractivity contribution in [3.8, 4) is 11.9 Å². The van der Waals surface area contributed by atoms with Crippen molar-refractivity contribution < 1.29 is 4.79 Å². The molecule has 10 heteroatoms. The molecule has 3 aromatic heterocycles. The van der Waals surface area contributed by atoms with Gasteiger partial charge >= 0.3 is 0 Å². The molecule has 0 aliphatic rings. The molecule has 0 unspecified atom stereocenters. The Bertz CT molecular complexity index is 921. The first kappa shape index (κ1) is 16.1. The molecule has 0 atom stereocenters. The SMILES string of the molecule is Cn1cc(Nc2nccc(-n3cc(C(=O)NCCC#N)cn3)n2)cn1. The zero-order valence-electron chi connectivity index (χ0n) is 13.4. The minimum atomic E-state index is -0.288. The molecule has 126 valence electrons. The summed E-state index contributed by atoms with van der Waals surface area (Å²) in [5, 5.41) is 22.4. The second kappa shape index (κ2) is 7.22. The van der Waals surface area contributed by atoms with Crippen molar-refractivity contribution in [3.05, 3.63) is 42.6 Å². The normalized spacial score (nSPS) is 10.2. The van der Waals surface area contributed by atoms with Crippen LogP contribution in [0, 0.1) is 11.3 Å². The molecule has 1 amide bonds. The molecule has 3 rings (SSSR count). The van der Waals surface area contributed by atoms with Crippen LogP contribution in [-0.2, 0) is 7.05 Å². The maximum absolute atomic E-state index is 11.9. The Hall–Kier alpha value is -3.74. The van der Waals surface area contributed by atoms with E-state index in [9.17, 15) is 4.79 Å². The summed E-state index contributed by atoms with van der Waals surface area (Å²) in [7, 11) is 1.81. The van der Waals surface area contributed by atoms with E-state index in [0.29, 0.717) is 23.9 Å². The summed E-state index contributed by atoms with van der Waals surface area (Å²) >= 11 is 0. The predicted molar refractivity (Wildman–Crippen MR) is 88.2 cm³/mol. The van der Waals surface area contributed by atoms with E-state index < -0.39 is 0 Å². The quantitative estimate of drug-likeness (QED) is 0.636. The van der Waals surface area contributed by atoms with E-state index in [0.717, 1.165) is 5.69 Å². The highest BCUT2D eigenvalue weighted by molar-refractivity contribution is 5.93. The van der Waals surface area contributed by atoms with Gasteiger partial charge in [0.25, 0.3) is 5.91 Å². The fraction of sp³-hybridized carbons (Fsp3) is 0.200. The van der Waals surface area contributed by atoms with Gasteiger partial charge in [-0.15, -0.1) is 0 Å². The van der Waals surface area contributed by atoms with Crippen molar-refractivity contribution >= 4 is 17.5 Å². The van der Waals surface area contributed by atoms with Crippen LogP contribution in [0.5, 0.6) is 0 Å². The van der Waals surface area contributed by atoms with Crippen molar-refractivity contribution in [3.63, 3.8) is 0 Å². The number of amides is 1. The number of carbonyl (C=O) groups excluding carboxylic acids is 1. The minimum absolute atomic E-state index is 0.259. The van der Waals surface area contributed by atoms with Gasteiger partial charge in [0.05, 0.1) is 36.1 Å². The lowest BCUT2D eigenvalue weighted by Crippen LogP contribution is -2.23. The Morgan fingerprint density at radius 2 is 2.20 bits per heavy atom. The second-order valence-electron chi connectivity index (χ2n) is 5.10. The average Bonchev–Trinajstić information content (AvgIpc) is 3.25. The first-order valence-corrected chi connectivity index (χ1v) is 7.44. The van der Waals surface area contributed by atoms with Crippen LogP contribution in [0.25, 0.3) is 5.82 Å². The molecule has 0 aromatic carbocycles. The third-order valence-corrected chi connectivity index (χ3v) is 3.20. The molecule has 0 fully saturated rings. The topological polar surface area (TPSA) is 126 Å². The van der Waals surface area contributed by atoms with E-state index >= 15 is 0 Å². The third-order valence-electron chi connectivity index (χ3n) is 3.20. The van der Waals surface area contributed by atoms with Gasteiger partial charge in [0.1, 0.15) is 0 Å². The first-order valence-electron chi connectivity index (χ1n) is 7.44. The van der Waals surface area contributed by atoms with E-state index in [1.165, 1.54) is 10.9 Å². The van der Waals surface area contributed by atoms with Gasteiger partial charge in [0, 0.05) is 38.2 Å². The van der Waals surface area contributed by atoms with Crippen LogP contribution in [0.15, 0.2) is 37.1 Å². The number of hydrogen-bond acceptors (Lipinski definition) is 7. The van der Waals surface area contributed by atoms with Crippen LogP contribution in [0.4, 0.5) is 11.6 Å². The number of carbonyl (C=O) groups is 1. The van der Waals surface area contributed by atoms with E-state index in [1.54, 1.807) is 35.5 Å². The van der Waals surface area contributed by atoms with Gasteiger partial charge in [-0.3, -0.25) is 9.48 Å². The van der Waals surface area contributed by atoms with E-state index in [1.807, 2.05) is 13.1 Å². The lowest BCUT2D eigenvalue weighted by atomic mass is 10.3. The maximum atomic E-state index is 11.9. The molecule has 0 bridgehead atoms. The lowest BCUT2D eigenvalue weighted by Gasteiger charge is -2.04. The van der Waals surface area contributed by atoms with Gasteiger partial charge < -0.3 is 10.6 Å². The molecule has 0 aliphatic heterocycles. The Labute approximate surface area is 143 Å². The molecule has 0 saturated carbocycles. The molecule has 0 aliphatic carbocycles. The van der Waals surface area contributed by atoms with Crippen LogP contribution < -0.4 is 10.6 Å². The molecular weight excluding hydrogens is 322 g/mol. The summed E-state index contributed by atoms with van der Waals surface area (Å²) in [4.78, 5) is 20.5. The van der Waals surface area contributed by atoms with Gasteiger partial charge in [-0.05, 0) is 0 Å². The number of hydrogen-bond donors (Lipinski definition) is 2. The highest BCUT2D eigenvalue weighted by Gasteiger charge is 2.10. The van der Waals surface area contributed by atoms with E-state index in [2.05, 4.69) is 30.8 Å². The molecule has 10 nitrogen and oxygen atoms in total. The minimum Gasteiger partial charge on any atom is -0.351 e. The van der Waals surface area contributed by atoms with Crippen molar-refractivity contribution in [2.24, 2.45) is 7.05 Å². The van der Waals surface area contributed by atoms with Gasteiger partial charge in [0.15, 0.2) is 5.82 Å². The Morgan fingerprint density at radius 3 is 2.96 bits per heavy atom. The van der Waals surface area contributed by atoms with Gasteiger partial charge in [0.2, 0.25) is 5.95 Å². The van der Waals surface area contributed by atoms with Crippen LogP contribution in [0.2, 0.25) is 0 Å². The third kappa shape index (κ3) is 3.97. The second-order valence-corrected chi connectivity index (χ2v) is 5.10. The molecular formula is C15H15N9O. The Balaban J connectivity index is 1.73. The van der Waals surface area contributed by atoms with Crippen molar-refractivity contribution in [1.29, 1.82) is 5.26 Å². The molecule has 3 heterocycles. The number of nitriles is 1. The van der Waals surface area contributed by atoms with Gasteiger partial charge in [-0.2, -0.15) is 20.4 Å². The fourth-order valence-electron chi connectivity index (χ4n) is 2.05. The summed E-state index contributed by atoms with van der Waals surface area (Å²) in [5.74, 6) is 0.614. The van der Waals surface area contributed by atoms with Crippen LogP contribution in [0.3, 0.4) is 0 Å². The average molecular weight is 337 g/mol. The number of nitrogens with zero attached hydrogens (tertiary/aromatic N) is 7. The number of nitrogens with one attached hydrogen (secondary N) is 2. The van der Waals surface area contributed by atoms with Crippen LogP contribution in [0.1, 0.15) is 16.8 Å². The summed E-state index contributed by atoms with van der Waals surface area (Å²) in [6.45, 7) is 0.299. The largest absolute Gasteiger partial charge is 0.351 e. The summed E-state index contributed by atoms with van der Waals surface area (Å²) in [6.07, 6.45) is 8.32. The summed E-state index contributed by atoms with van der Waals surface area (Å²) < 4.78 is 3.15. The van der Waals surface area contributed by atoms with Crippen molar-refractivity contribution in [2.45, 2.75) is 6.42 Å². The summed E-state index contributed by atoms with van der Waals surface area (Å²) in [6, 6.07) is 3.65. The van der Waals surface area contributed by atoms with E-state index in [4.69, 9.17) is 5.26 Å². The maximum Gasteiger partial charge on any atom is 0.254 e. The zero-order valence-corrected chi connectivity index (χ0v) is 13.4. The molecule has 0 saturated heterocycles. The van der Waals surface area contributed by atoms with Gasteiger partial charge in [-0.1, -0.05) is 0 Å². The molecule has 25 heavy (non-hydrogen) atoms. The monoisotopic (exact) mass is 337 g/mol. The predicted octanol–water partition coefficient (Wildman–Crippen LogP) is 0.783. The molecule has 3 aromatic rings. The first-order chi connectivity index (χ1) is 12.2. The number of aromatic nitrogens is 6. The van der Waals surface area contributed by atoms with Crippen molar-refractivity contribution in [2.75, 3.05) is 11.9 Å². The van der Waals surface area contributed by atoms with Gasteiger partial charge in [-0.25, -0.2) is 9.67 Å². The smallest absolute Gasteiger partial charge is 0.254 e. The number of aryl methyl sites for hydroxylation is 1. The lowest BCUT2D eigenvalue weighted by molar-refractivity contribution is 0.0954. The van der Waals surface area contributed by atoms with Crippen molar-refractivity contribution in [1.82, 2.24) is 34.8 Å². The fourth-order valence-corrected chi connectivity index (χ4v) is 2.05. The highest BCUT2D eigenvalue weighted by Crippen LogP contribution is 2.13. The number of anilines is 2. The molecule has 0 radical (unpaired) electrons. The Morgan fingerprint density at radius 1 is 1.32 bits per heavy atom. The standard InChI is InChI=1S/C15H15N9O/c1-23-10-12(8-19-23)21-15-18-6-3-13(22-15)24-9-11(7-20-24)14(25)17-5-2-4-16/h3,6-10H,2,5H2,1H3,(H,17,25)(H,18,21,22). The molecule has 2 N–H and O–H groups in total. The van der Waals surface area contributed by atoms with E-state index in [-0.39, 0.29) is 12.3 Å². The summed E-state index contributed by atoms with van der Waals surface area (Å²) in [5.41, 5.74) is 1.15. The van der Waals surface area contributed by atoms with Crippen LogP contribution >= 0.6 is 0 Å². The highest BCUT2D eigenvalue weighted by atomic mass is 16.1. The number of rotatable bonds is 6.